The molecule has 22 heavy (non-hydrogen) atoms. The van der Waals surface area contributed by atoms with Gasteiger partial charge < -0.3 is 9.84 Å². The fraction of sp³-hybridized carbons (Fsp3) is 0.222. The van der Waals surface area contributed by atoms with Gasteiger partial charge in [0.1, 0.15) is 11.5 Å². The third-order valence-corrected chi connectivity index (χ3v) is 3.23. The van der Waals surface area contributed by atoms with Crippen LogP contribution in [0.3, 0.4) is 0 Å². The summed E-state index contributed by atoms with van der Waals surface area (Å²) in [6, 6.07) is 16.1. The number of phenolic OH excluding ortho intramolecular Hbond substituents is 1. The number of esters is 1. The molecule has 2 aromatic rings. The summed E-state index contributed by atoms with van der Waals surface area (Å²) in [5, 5.41) is 17.7. The van der Waals surface area contributed by atoms with Crippen molar-refractivity contribution in [1.82, 2.24) is 0 Å². The highest BCUT2D eigenvalue weighted by Gasteiger charge is 2.06. The Bertz CT molecular complexity index is 654. The first kappa shape index (κ1) is 15.6. The number of phenols is 1. The molecule has 0 radical (unpaired) electrons. The lowest BCUT2D eigenvalue weighted by atomic mass is 10.1. The van der Waals surface area contributed by atoms with E-state index in [0.717, 1.165) is 11.1 Å². The Labute approximate surface area is 129 Å². The van der Waals surface area contributed by atoms with Crippen molar-refractivity contribution >= 4 is 5.97 Å². The molecule has 0 saturated carbocycles. The normalized spacial score (nSPS) is 9.95. The molecule has 0 unspecified atom stereocenters. The molecule has 0 spiro atoms. The standard InChI is InChI=1S/C18H17NO3/c19-13-1-2-14-5-10-17(11-6-14)22-18(21)12-7-15-3-8-16(20)9-4-15/h3-6,8-11,20H,1-2,7,12H2. The molecule has 0 aliphatic rings. The number of hydrogen-bond acceptors (Lipinski definition) is 4. The fourth-order valence-electron chi connectivity index (χ4n) is 2.02. The highest BCUT2D eigenvalue weighted by atomic mass is 16.5. The summed E-state index contributed by atoms with van der Waals surface area (Å²) < 4.78 is 5.27. The second-order valence-electron chi connectivity index (χ2n) is 4.94. The van der Waals surface area contributed by atoms with Crippen molar-refractivity contribution in [2.24, 2.45) is 0 Å². The SMILES string of the molecule is N#CCCc1ccc(OC(=O)CCc2ccc(O)cc2)cc1. The lowest BCUT2D eigenvalue weighted by molar-refractivity contribution is -0.134. The van der Waals surface area contributed by atoms with Crippen LogP contribution >= 0.6 is 0 Å². The maximum Gasteiger partial charge on any atom is 0.311 e. The monoisotopic (exact) mass is 295 g/mol. The van der Waals surface area contributed by atoms with E-state index in [9.17, 15) is 9.90 Å². The van der Waals surface area contributed by atoms with Crippen LogP contribution in [0, 0.1) is 11.3 Å². The Balaban J connectivity index is 1.81. The molecule has 0 saturated heterocycles. The Morgan fingerprint density at radius 1 is 1.00 bits per heavy atom. The van der Waals surface area contributed by atoms with Gasteiger partial charge in [0.25, 0.3) is 0 Å². The molecule has 0 aliphatic heterocycles. The molecule has 0 bridgehead atoms. The average molecular weight is 295 g/mol. The summed E-state index contributed by atoms with van der Waals surface area (Å²) in [7, 11) is 0. The number of aryl methyl sites for hydroxylation is 2. The van der Waals surface area contributed by atoms with Gasteiger partial charge in [-0.3, -0.25) is 4.79 Å². The number of aromatic hydroxyl groups is 1. The molecule has 0 amide bonds. The molecule has 112 valence electrons. The van der Waals surface area contributed by atoms with E-state index >= 15 is 0 Å². The second kappa shape index (κ2) is 7.84. The molecule has 0 atom stereocenters. The van der Waals surface area contributed by atoms with Gasteiger partial charge in [-0.1, -0.05) is 24.3 Å². The smallest absolute Gasteiger partial charge is 0.311 e. The van der Waals surface area contributed by atoms with Crippen molar-refractivity contribution in [1.29, 1.82) is 5.26 Å². The fourth-order valence-corrected chi connectivity index (χ4v) is 2.02. The molecular weight excluding hydrogens is 278 g/mol. The molecular formula is C18H17NO3. The molecule has 2 aromatic carbocycles. The van der Waals surface area contributed by atoms with Crippen LogP contribution in [0.15, 0.2) is 48.5 Å². The van der Waals surface area contributed by atoms with Crippen LogP contribution in [-0.4, -0.2) is 11.1 Å². The zero-order valence-corrected chi connectivity index (χ0v) is 12.2. The van der Waals surface area contributed by atoms with Gasteiger partial charge >= 0.3 is 5.97 Å². The number of nitrogens with zero attached hydrogens (tertiary/aromatic N) is 1. The van der Waals surface area contributed by atoms with Gasteiger partial charge in [-0.15, -0.1) is 0 Å². The first-order valence-corrected chi connectivity index (χ1v) is 7.12. The third kappa shape index (κ3) is 4.95. The van der Waals surface area contributed by atoms with Crippen LogP contribution < -0.4 is 4.74 Å². The maximum atomic E-state index is 11.8. The highest BCUT2D eigenvalue weighted by Crippen LogP contribution is 2.15. The number of carbonyl (C=O) groups excluding carboxylic acids is 1. The maximum absolute atomic E-state index is 11.8. The number of hydrogen-bond donors (Lipinski definition) is 1. The van der Waals surface area contributed by atoms with E-state index in [1.54, 1.807) is 36.4 Å². The molecule has 4 nitrogen and oxygen atoms in total. The second-order valence-corrected chi connectivity index (χ2v) is 4.94. The lowest BCUT2D eigenvalue weighted by Crippen LogP contribution is -2.09. The molecule has 0 fully saturated rings. The van der Waals surface area contributed by atoms with Crippen LogP contribution in [0.4, 0.5) is 0 Å². The van der Waals surface area contributed by atoms with Gasteiger partial charge in [0, 0.05) is 12.8 Å². The number of carbonyl (C=O) groups is 1. The predicted molar refractivity (Wildman–Crippen MR) is 82.4 cm³/mol. The summed E-state index contributed by atoms with van der Waals surface area (Å²) in [4.78, 5) is 11.8. The number of rotatable bonds is 6. The van der Waals surface area contributed by atoms with Crippen molar-refractivity contribution < 1.29 is 14.6 Å². The van der Waals surface area contributed by atoms with Crippen molar-refractivity contribution in [2.45, 2.75) is 25.7 Å². The van der Waals surface area contributed by atoms with Gasteiger partial charge in [-0.25, -0.2) is 0 Å². The summed E-state index contributed by atoms with van der Waals surface area (Å²) in [5.41, 5.74) is 2.02. The lowest BCUT2D eigenvalue weighted by Gasteiger charge is -2.05. The van der Waals surface area contributed by atoms with Gasteiger partial charge in [0.2, 0.25) is 0 Å². The van der Waals surface area contributed by atoms with E-state index < -0.39 is 0 Å². The van der Waals surface area contributed by atoms with E-state index in [2.05, 4.69) is 6.07 Å². The van der Waals surface area contributed by atoms with E-state index in [-0.39, 0.29) is 18.1 Å². The third-order valence-electron chi connectivity index (χ3n) is 3.23. The minimum atomic E-state index is -0.294. The van der Waals surface area contributed by atoms with Crippen molar-refractivity contribution in [3.63, 3.8) is 0 Å². The zero-order chi connectivity index (χ0) is 15.8. The van der Waals surface area contributed by atoms with Gasteiger partial charge in [0.15, 0.2) is 0 Å². The highest BCUT2D eigenvalue weighted by molar-refractivity contribution is 5.72. The summed E-state index contributed by atoms with van der Waals surface area (Å²) in [5.74, 6) is 0.428. The summed E-state index contributed by atoms with van der Waals surface area (Å²) >= 11 is 0. The van der Waals surface area contributed by atoms with Crippen molar-refractivity contribution in [3.8, 4) is 17.6 Å². The van der Waals surface area contributed by atoms with E-state index in [1.165, 1.54) is 0 Å². The first-order chi connectivity index (χ1) is 10.7. The quantitative estimate of drug-likeness (QED) is 0.655. The van der Waals surface area contributed by atoms with E-state index in [0.29, 0.717) is 25.0 Å². The molecule has 4 heteroatoms. The molecule has 0 heterocycles. The Morgan fingerprint density at radius 3 is 2.23 bits per heavy atom. The molecule has 0 aromatic heterocycles. The van der Waals surface area contributed by atoms with Crippen molar-refractivity contribution in [3.05, 3.63) is 59.7 Å². The molecule has 1 N–H and O–H groups in total. The van der Waals surface area contributed by atoms with E-state index in [1.807, 2.05) is 12.1 Å². The topological polar surface area (TPSA) is 70.3 Å². The first-order valence-electron chi connectivity index (χ1n) is 7.12. The van der Waals surface area contributed by atoms with Crippen LogP contribution in [0.2, 0.25) is 0 Å². The average Bonchev–Trinajstić information content (AvgIpc) is 2.54. The van der Waals surface area contributed by atoms with E-state index in [4.69, 9.17) is 10.00 Å². The zero-order valence-electron chi connectivity index (χ0n) is 12.2. The largest absolute Gasteiger partial charge is 0.508 e. The Hall–Kier alpha value is -2.80. The van der Waals surface area contributed by atoms with Crippen LogP contribution in [0.25, 0.3) is 0 Å². The van der Waals surface area contributed by atoms with Crippen LogP contribution in [0.1, 0.15) is 24.0 Å². The summed E-state index contributed by atoms with van der Waals surface area (Å²) in [6.45, 7) is 0. The predicted octanol–water partition coefficient (Wildman–Crippen LogP) is 3.39. The molecule has 2 rings (SSSR count). The van der Waals surface area contributed by atoms with Gasteiger partial charge in [-0.2, -0.15) is 5.26 Å². The number of nitriles is 1. The Morgan fingerprint density at radius 2 is 1.59 bits per heavy atom. The minimum Gasteiger partial charge on any atom is -0.508 e. The Kier molecular flexibility index (Phi) is 5.56. The van der Waals surface area contributed by atoms with Crippen LogP contribution in [-0.2, 0) is 17.6 Å². The van der Waals surface area contributed by atoms with Gasteiger partial charge in [-0.05, 0) is 48.2 Å². The van der Waals surface area contributed by atoms with Gasteiger partial charge in [0.05, 0.1) is 6.07 Å². The number of benzene rings is 2. The van der Waals surface area contributed by atoms with Crippen LogP contribution in [0.5, 0.6) is 11.5 Å². The molecule has 0 aliphatic carbocycles. The van der Waals surface area contributed by atoms with Crippen molar-refractivity contribution in [2.75, 3.05) is 0 Å². The number of ether oxygens (including phenoxy) is 1. The summed E-state index contributed by atoms with van der Waals surface area (Å²) in [6.07, 6.45) is 2.03. The minimum absolute atomic E-state index is 0.211.